The van der Waals surface area contributed by atoms with Crippen LogP contribution in [0.4, 0.5) is 8.78 Å². The Hall–Kier alpha value is -1.36. The van der Waals surface area contributed by atoms with E-state index in [0.717, 1.165) is 29.2 Å². The van der Waals surface area contributed by atoms with Gasteiger partial charge in [-0.15, -0.1) is 0 Å². The van der Waals surface area contributed by atoms with Gasteiger partial charge in [0.25, 0.3) is 0 Å². The van der Waals surface area contributed by atoms with E-state index in [4.69, 9.17) is 0 Å². The zero-order chi connectivity index (χ0) is 14.9. The van der Waals surface area contributed by atoms with Crippen LogP contribution in [0.25, 0.3) is 0 Å². The molecule has 1 heterocycles. The molecule has 0 bridgehead atoms. The lowest BCUT2D eigenvalue weighted by Gasteiger charge is -2.12. The van der Waals surface area contributed by atoms with Crippen LogP contribution < -0.4 is 0 Å². The SMILES string of the molecule is CCn1c(C)nc(Sc2cc(F)cc(F)c2)c1C(C)C. The van der Waals surface area contributed by atoms with Crippen molar-refractivity contribution in [3.63, 3.8) is 0 Å². The molecule has 5 heteroatoms. The second-order valence-corrected chi connectivity index (χ2v) is 6.02. The van der Waals surface area contributed by atoms with Gasteiger partial charge in [0, 0.05) is 17.5 Å². The minimum absolute atomic E-state index is 0.303. The molecule has 0 saturated heterocycles. The zero-order valence-electron chi connectivity index (χ0n) is 12.1. The second kappa shape index (κ2) is 5.95. The minimum atomic E-state index is -0.565. The summed E-state index contributed by atoms with van der Waals surface area (Å²) in [7, 11) is 0. The Morgan fingerprint density at radius 1 is 1.20 bits per heavy atom. The molecule has 0 atom stereocenters. The van der Waals surface area contributed by atoms with Gasteiger partial charge in [-0.25, -0.2) is 13.8 Å². The van der Waals surface area contributed by atoms with Crippen molar-refractivity contribution in [3.05, 3.63) is 41.4 Å². The summed E-state index contributed by atoms with van der Waals surface area (Å²) < 4.78 is 28.7. The fraction of sp³-hybridized carbons (Fsp3) is 0.400. The maximum absolute atomic E-state index is 13.3. The molecule has 108 valence electrons. The third-order valence-corrected chi connectivity index (χ3v) is 4.04. The molecule has 2 nitrogen and oxygen atoms in total. The molecule has 0 N–H and O–H groups in total. The van der Waals surface area contributed by atoms with E-state index < -0.39 is 11.6 Å². The van der Waals surface area contributed by atoms with E-state index in [9.17, 15) is 8.78 Å². The maximum Gasteiger partial charge on any atom is 0.127 e. The molecule has 0 amide bonds. The number of hydrogen-bond acceptors (Lipinski definition) is 2. The van der Waals surface area contributed by atoms with E-state index in [1.165, 1.54) is 23.9 Å². The van der Waals surface area contributed by atoms with Gasteiger partial charge in [0.15, 0.2) is 0 Å². The van der Waals surface area contributed by atoms with E-state index in [-0.39, 0.29) is 0 Å². The Bertz CT molecular complexity index is 600. The highest BCUT2D eigenvalue weighted by Crippen LogP contribution is 2.34. The summed E-state index contributed by atoms with van der Waals surface area (Å²) in [6.45, 7) is 9.05. The van der Waals surface area contributed by atoms with Crippen LogP contribution in [0.15, 0.2) is 28.1 Å². The lowest BCUT2D eigenvalue weighted by atomic mass is 10.1. The van der Waals surface area contributed by atoms with E-state index in [2.05, 4.69) is 30.3 Å². The van der Waals surface area contributed by atoms with Gasteiger partial charge in [0.05, 0.1) is 5.69 Å². The summed E-state index contributed by atoms with van der Waals surface area (Å²) in [6, 6.07) is 3.54. The highest BCUT2D eigenvalue weighted by Gasteiger charge is 2.18. The number of hydrogen-bond donors (Lipinski definition) is 0. The molecule has 0 radical (unpaired) electrons. The average molecular weight is 296 g/mol. The van der Waals surface area contributed by atoms with Gasteiger partial charge in [-0.3, -0.25) is 0 Å². The van der Waals surface area contributed by atoms with Crippen LogP contribution in [0.1, 0.15) is 38.2 Å². The molecule has 2 aromatic rings. The molecule has 0 aliphatic carbocycles. The molecule has 0 fully saturated rings. The fourth-order valence-corrected chi connectivity index (χ4v) is 3.48. The zero-order valence-corrected chi connectivity index (χ0v) is 12.9. The highest BCUT2D eigenvalue weighted by atomic mass is 32.2. The van der Waals surface area contributed by atoms with Crippen molar-refractivity contribution in [3.8, 4) is 0 Å². The van der Waals surface area contributed by atoms with Crippen molar-refractivity contribution in [1.29, 1.82) is 0 Å². The summed E-state index contributed by atoms with van der Waals surface area (Å²) in [6.07, 6.45) is 0. The summed E-state index contributed by atoms with van der Waals surface area (Å²) in [5, 5.41) is 0.823. The third-order valence-electron chi connectivity index (χ3n) is 3.08. The predicted octanol–water partition coefficient (Wildman–Crippen LogP) is 4.76. The van der Waals surface area contributed by atoms with Crippen molar-refractivity contribution in [2.45, 2.75) is 50.1 Å². The minimum Gasteiger partial charge on any atom is -0.331 e. The molecule has 1 aromatic carbocycles. The second-order valence-electron chi connectivity index (χ2n) is 4.96. The average Bonchev–Trinajstić information content (AvgIpc) is 2.63. The van der Waals surface area contributed by atoms with Crippen molar-refractivity contribution in [2.24, 2.45) is 0 Å². The predicted molar refractivity (Wildman–Crippen MR) is 77.2 cm³/mol. The van der Waals surface area contributed by atoms with Crippen molar-refractivity contribution >= 4 is 11.8 Å². The number of nitrogens with zero attached hydrogens (tertiary/aromatic N) is 2. The van der Waals surface area contributed by atoms with E-state index in [1.807, 2.05) is 6.92 Å². The molecule has 0 spiro atoms. The summed E-state index contributed by atoms with van der Waals surface area (Å²) >= 11 is 1.31. The Morgan fingerprint density at radius 2 is 1.80 bits per heavy atom. The van der Waals surface area contributed by atoms with E-state index in [1.54, 1.807) is 0 Å². The van der Waals surface area contributed by atoms with Crippen molar-refractivity contribution in [2.75, 3.05) is 0 Å². The van der Waals surface area contributed by atoms with Crippen LogP contribution in [-0.4, -0.2) is 9.55 Å². The Balaban J connectivity index is 2.43. The lowest BCUT2D eigenvalue weighted by Crippen LogP contribution is -2.04. The third kappa shape index (κ3) is 3.03. The first-order chi connectivity index (χ1) is 9.42. The van der Waals surface area contributed by atoms with Crippen molar-refractivity contribution in [1.82, 2.24) is 9.55 Å². The largest absolute Gasteiger partial charge is 0.331 e. The van der Waals surface area contributed by atoms with E-state index in [0.29, 0.717) is 10.8 Å². The molecular weight excluding hydrogens is 278 g/mol. The first-order valence-corrected chi connectivity index (χ1v) is 7.45. The first kappa shape index (κ1) is 15.0. The van der Waals surface area contributed by atoms with Gasteiger partial charge in [0.2, 0.25) is 0 Å². The normalized spacial score (nSPS) is 11.3. The quantitative estimate of drug-likeness (QED) is 0.809. The number of rotatable bonds is 4. The number of aromatic nitrogens is 2. The van der Waals surface area contributed by atoms with Gasteiger partial charge in [-0.1, -0.05) is 25.6 Å². The molecule has 1 aromatic heterocycles. The van der Waals surface area contributed by atoms with Gasteiger partial charge in [0.1, 0.15) is 22.5 Å². The molecule has 20 heavy (non-hydrogen) atoms. The van der Waals surface area contributed by atoms with Crippen molar-refractivity contribution < 1.29 is 8.78 Å². The molecule has 0 unspecified atom stereocenters. The standard InChI is InChI=1S/C15H18F2N2S/c1-5-19-10(4)18-15(14(19)9(2)3)20-13-7-11(16)6-12(17)8-13/h6-9H,5H2,1-4H3. The molecule has 2 rings (SSSR count). The summed E-state index contributed by atoms with van der Waals surface area (Å²) in [4.78, 5) is 5.07. The first-order valence-electron chi connectivity index (χ1n) is 6.63. The number of benzene rings is 1. The molecule has 0 saturated carbocycles. The monoisotopic (exact) mass is 296 g/mol. The van der Waals surface area contributed by atoms with E-state index >= 15 is 0 Å². The topological polar surface area (TPSA) is 17.8 Å². The highest BCUT2D eigenvalue weighted by molar-refractivity contribution is 7.99. The van der Waals surface area contributed by atoms with Gasteiger partial charge < -0.3 is 4.57 Å². The van der Waals surface area contributed by atoms with Crippen LogP contribution in [0.2, 0.25) is 0 Å². The van der Waals surface area contributed by atoms with Gasteiger partial charge in [-0.2, -0.15) is 0 Å². The van der Waals surface area contributed by atoms with Crippen LogP contribution >= 0.6 is 11.8 Å². The molecular formula is C15H18F2N2S. The summed E-state index contributed by atoms with van der Waals surface area (Å²) in [5.74, 6) is 0.100. The smallest absolute Gasteiger partial charge is 0.127 e. The maximum atomic E-state index is 13.3. The van der Waals surface area contributed by atoms with Crippen LogP contribution in [0.5, 0.6) is 0 Å². The summed E-state index contributed by atoms with van der Waals surface area (Å²) in [5.41, 5.74) is 1.11. The van der Waals surface area contributed by atoms with Gasteiger partial charge >= 0.3 is 0 Å². The number of imidazole rings is 1. The fourth-order valence-electron chi connectivity index (χ4n) is 2.29. The lowest BCUT2D eigenvalue weighted by molar-refractivity contribution is 0.577. The molecule has 0 aliphatic rings. The molecule has 0 aliphatic heterocycles. The Labute approximate surface area is 122 Å². The number of aryl methyl sites for hydroxylation is 1. The van der Waals surface area contributed by atoms with Crippen LogP contribution in [0.3, 0.4) is 0 Å². The van der Waals surface area contributed by atoms with Crippen LogP contribution in [0, 0.1) is 18.6 Å². The van der Waals surface area contributed by atoms with Gasteiger partial charge in [-0.05, 0) is 31.9 Å². The van der Waals surface area contributed by atoms with Crippen LogP contribution in [-0.2, 0) is 6.54 Å². The Kier molecular flexibility index (Phi) is 4.48. The Morgan fingerprint density at radius 3 is 2.30 bits per heavy atom. The number of halogens is 2.